The van der Waals surface area contributed by atoms with E-state index in [1.165, 1.54) is 18.2 Å². The number of hydrogen-bond acceptors (Lipinski definition) is 3. The number of hydrogen-bond donors (Lipinski definition) is 1. The Balaban J connectivity index is 2.53. The van der Waals surface area contributed by atoms with Crippen LogP contribution in [0.15, 0.2) is 30.5 Å². The summed E-state index contributed by atoms with van der Waals surface area (Å²) in [7, 11) is 1.71. The van der Waals surface area contributed by atoms with Gasteiger partial charge in [-0.2, -0.15) is 0 Å². The van der Waals surface area contributed by atoms with Gasteiger partial charge in [-0.3, -0.25) is 0 Å². The minimum atomic E-state index is -0.344. The Bertz CT molecular complexity index is 516. The number of anilines is 1. The normalized spacial score (nSPS) is 10.2. The summed E-state index contributed by atoms with van der Waals surface area (Å²) < 4.78 is 13.1. The summed E-state index contributed by atoms with van der Waals surface area (Å²) in [4.78, 5) is 8.17. The second-order valence-corrected chi connectivity index (χ2v) is 3.55. The molecule has 0 atom stereocenters. The Hall–Kier alpha value is -1.68. The average Bonchev–Trinajstić information content (AvgIpc) is 2.32. The molecule has 3 nitrogen and oxygen atoms in total. The van der Waals surface area contributed by atoms with E-state index in [9.17, 15) is 4.39 Å². The third kappa shape index (κ3) is 2.12. The smallest absolute Gasteiger partial charge is 0.222 e. The summed E-state index contributed by atoms with van der Waals surface area (Å²) in [6.07, 6.45) is 1.59. The zero-order valence-electron chi connectivity index (χ0n) is 8.54. The van der Waals surface area contributed by atoms with E-state index in [4.69, 9.17) is 11.6 Å². The topological polar surface area (TPSA) is 37.8 Å². The third-order valence-electron chi connectivity index (χ3n) is 2.08. The van der Waals surface area contributed by atoms with Gasteiger partial charge in [0.15, 0.2) is 0 Å². The highest BCUT2D eigenvalue weighted by atomic mass is 35.5. The highest BCUT2D eigenvalue weighted by Crippen LogP contribution is 2.27. The van der Waals surface area contributed by atoms with Crippen LogP contribution < -0.4 is 5.32 Å². The molecule has 2 rings (SSSR count). The molecular formula is C11H9ClFN3. The first-order valence-electron chi connectivity index (χ1n) is 4.67. The van der Waals surface area contributed by atoms with Crippen LogP contribution in [0.1, 0.15) is 0 Å². The van der Waals surface area contributed by atoms with Gasteiger partial charge in [0, 0.05) is 18.8 Å². The number of nitrogens with zero attached hydrogens (tertiary/aromatic N) is 2. The second kappa shape index (κ2) is 4.45. The van der Waals surface area contributed by atoms with Crippen LogP contribution in [-0.2, 0) is 0 Å². The number of halogens is 2. The molecule has 0 aliphatic rings. The molecule has 0 saturated carbocycles. The summed E-state index contributed by atoms with van der Waals surface area (Å²) in [6, 6.07) is 5.85. The first-order valence-corrected chi connectivity index (χ1v) is 5.04. The van der Waals surface area contributed by atoms with Crippen molar-refractivity contribution in [3.63, 3.8) is 0 Å². The highest BCUT2D eigenvalue weighted by Gasteiger charge is 2.07. The minimum Gasteiger partial charge on any atom is -0.357 e. The number of aromatic nitrogens is 2. The lowest BCUT2D eigenvalue weighted by atomic mass is 10.1. The zero-order chi connectivity index (χ0) is 11.5. The maximum Gasteiger partial charge on any atom is 0.222 e. The lowest BCUT2D eigenvalue weighted by Crippen LogP contribution is -1.97. The van der Waals surface area contributed by atoms with Gasteiger partial charge in [-0.25, -0.2) is 14.4 Å². The van der Waals surface area contributed by atoms with E-state index in [2.05, 4.69) is 15.3 Å². The second-order valence-electron chi connectivity index (χ2n) is 3.14. The van der Waals surface area contributed by atoms with Crippen LogP contribution in [0, 0.1) is 5.82 Å². The van der Waals surface area contributed by atoms with E-state index in [1.807, 2.05) is 0 Å². The fraction of sp³-hybridized carbons (Fsp3) is 0.0909. The van der Waals surface area contributed by atoms with Crippen molar-refractivity contribution in [1.29, 1.82) is 0 Å². The molecule has 0 aliphatic heterocycles. The summed E-state index contributed by atoms with van der Waals surface area (Å²) in [5.41, 5.74) is 1.14. The van der Waals surface area contributed by atoms with Crippen molar-refractivity contribution in [2.24, 2.45) is 0 Å². The van der Waals surface area contributed by atoms with Crippen molar-refractivity contribution in [3.8, 4) is 11.3 Å². The quantitative estimate of drug-likeness (QED) is 0.873. The first-order chi connectivity index (χ1) is 7.70. The maximum atomic E-state index is 13.1. The molecule has 0 saturated heterocycles. The fourth-order valence-corrected chi connectivity index (χ4v) is 1.54. The van der Waals surface area contributed by atoms with Crippen LogP contribution in [0.4, 0.5) is 10.3 Å². The van der Waals surface area contributed by atoms with Crippen molar-refractivity contribution in [2.45, 2.75) is 0 Å². The van der Waals surface area contributed by atoms with Crippen molar-refractivity contribution in [1.82, 2.24) is 9.97 Å². The van der Waals surface area contributed by atoms with Crippen molar-refractivity contribution < 1.29 is 4.39 Å². The van der Waals surface area contributed by atoms with Gasteiger partial charge in [0.2, 0.25) is 5.95 Å². The molecule has 0 radical (unpaired) electrons. The molecule has 0 fully saturated rings. The van der Waals surface area contributed by atoms with Gasteiger partial charge in [-0.15, -0.1) is 0 Å². The maximum absolute atomic E-state index is 13.1. The van der Waals surface area contributed by atoms with Crippen LogP contribution in [0.25, 0.3) is 11.3 Å². The van der Waals surface area contributed by atoms with Crippen LogP contribution in [0.3, 0.4) is 0 Å². The van der Waals surface area contributed by atoms with Gasteiger partial charge >= 0.3 is 0 Å². The number of rotatable bonds is 2. The predicted octanol–water partition coefficient (Wildman–Crippen LogP) is 2.98. The van der Waals surface area contributed by atoms with E-state index < -0.39 is 0 Å². The predicted molar refractivity (Wildman–Crippen MR) is 62.0 cm³/mol. The highest BCUT2D eigenvalue weighted by molar-refractivity contribution is 6.33. The van der Waals surface area contributed by atoms with Gasteiger partial charge < -0.3 is 5.32 Å². The van der Waals surface area contributed by atoms with Crippen molar-refractivity contribution in [2.75, 3.05) is 12.4 Å². The summed E-state index contributed by atoms with van der Waals surface area (Å²) >= 11 is 5.98. The molecule has 0 bridgehead atoms. The zero-order valence-corrected chi connectivity index (χ0v) is 9.29. The molecule has 0 amide bonds. The Kier molecular flexibility index (Phi) is 3.01. The molecule has 1 aromatic heterocycles. The summed E-state index contributed by atoms with van der Waals surface area (Å²) in [5, 5.41) is 3.27. The van der Waals surface area contributed by atoms with Crippen LogP contribution in [-0.4, -0.2) is 17.0 Å². The molecule has 2 aromatic rings. The Morgan fingerprint density at radius 2 is 2.12 bits per heavy atom. The van der Waals surface area contributed by atoms with Gasteiger partial charge in [0.25, 0.3) is 0 Å². The molecule has 1 heterocycles. The molecule has 1 aromatic carbocycles. The van der Waals surface area contributed by atoms with E-state index >= 15 is 0 Å². The largest absolute Gasteiger partial charge is 0.357 e. The van der Waals surface area contributed by atoms with Crippen LogP contribution in [0.5, 0.6) is 0 Å². The third-order valence-corrected chi connectivity index (χ3v) is 2.41. The lowest BCUT2D eigenvalue weighted by molar-refractivity contribution is 0.628. The van der Waals surface area contributed by atoms with E-state index in [-0.39, 0.29) is 5.82 Å². The Morgan fingerprint density at radius 3 is 2.88 bits per heavy atom. The molecule has 0 spiro atoms. The number of benzene rings is 1. The van der Waals surface area contributed by atoms with Crippen molar-refractivity contribution in [3.05, 3.63) is 41.3 Å². The van der Waals surface area contributed by atoms with Crippen LogP contribution in [0.2, 0.25) is 5.02 Å². The summed E-state index contributed by atoms with van der Waals surface area (Å²) in [5.74, 6) is 0.127. The van der Waals surface area contributed by atoms with Gasteiger partial charge in [-0.05, 0) is 24.3 Å². The molecular weight excluding hydrogens is 229 g/mol. The van der Waals surface area contributed by atoms with Crippen LogP contribution >= 0.6 is 11.6 Å². The monoisotopic (exact) mass is 237 g/mol. The van der Waals surface area contributed by atoms with Crippen molar-refractivity contribution >= 4 is 17.5 Å². The fourth-order valence-electron chi connectivity index (χ4n) is 1.32. The molecule has 82 valence electrons. The SMILES string of the molecule is CNc1nccc(-c2cc(F)ccc2Cl)n1. The minimum absolute atomic E-state index is 0.344. The molecule has 0 unspecified atom stereocenters. The molecule has 16 heavy (non-hydrogen) atoms. The molecule has 5 heteroatoms. The Labute approximate surface area is 97.3 Å². The van der Waals surface area contributed by atoms with Gasteiger partial charge in [0.05, 0.1) is 10.7 Å². The lowest BCUT2D eigenvalue weighted by Gasteiger charge is -2.05. The molecule has 0 aliphatic carbocycles. The number of nitrogens with one attached hydrogen (secondary N) is 1. The van der Waals surface area contributed by atoms with Gasteiger partial charge in [-0.1, -0.05) is 11.6 Å². The van der Waals surface area contributed by atoms with Gasteiger partial charge in [0.1, 0.15) is 5.82 Å². The van der Waals surface area contributed by atoms with E-state index in [0.717, 1.165) is 0 Å². The van der Waals surface area contributed by atoms with E-state index in [0.29, 0.717) is 22.2 Å². The molecule has 1 N–H and O–H groups in total. The summed E-state index contributed by atoms with van der Waals surface area (Å²) in [6.45, 7) is 0. The first kappa shape index (κ1) is 10.8. The average molecular weight is 238 g/mol. The van der Waals surface area contributed by atoms with E-state index in [1.54, 1.807) is 19.3 Å². The standard InChI is InChI=1S/C11H9ClFN3/c1-14-11-15-5-4-10(16-11)8-6-7(13)2-3-9(8)12/h2-6H,1H3,(H,14,15,16). The Morgan fingerprint density at radius 1 is 1.31 bits per heavy atom.